The van der Waals surface area contributed by atoms with Gasteiger partial charge in [0.25, 0.3) is 5.91 Å². The van der Waals surface area contributed by atoms with Crippen LogP contribution in [0.5, 0.6) is 0 Å². The van der Waals surface area contributed by atoms with Crippen LogP contribution in [0.3, 0.4) is 0 Å². The van der Waals surface area contributed by atoms with Gasteiger partial charge in [0.15, 0.2) is 6.61 Å². The standard InChI is InChI=1S/C20H18FN3O4/c1-13-7-8-15(11-16(13)21)22-17(25)12-27-19(26)10-9-18-23-20(24-28-18)14-5-3-2-4-6-14/h2-8,11H,9-10,12H2,1H3,(H,22,25). The smallest absolute Gasteiger partial charge is 0.306 e. The number of halogens is 1. The number of benzene rings is 2. The highest BCUT2D eigenvalue weighted by Crippen LogP contribution is 2.16. The summed E-state index contributed by atoms with van der Waals surface area (Å²) in [6, 6.07) is 13.6. The number of amides is 1. The zero-order chi connectivity index (χ0) is 19.9. The number of aryl methyl sites for hydroxylation is 2. The highest BCUT2D eigenvalue weighted by atomic mass is 19.1. The lowest BCUT2D eigenvalue weighted by molar-refractivity contribution is -0.147. The topological polar surface area (TPSA) is 94.3 Å². The monoisotopic (exact) mass is 383 g/mol. The van der Waals surface area contributed by atoms with Gasteiger partial charge in [0, 0.05) is 17.7 Å². The highest BCUT2D eigenvalue weighted by Gasteiger charge is 2.13. The molecule has 0 spiro atoms. The second-order valence-corrected chi connectivity index (χ2v) is 6.05. The first-order valence-corrected chi connectivity index (χ1v) is 8.61. The average molecular weight is 383 g/mol. The van der Waals surface area contributed by atoms with Gasteiger partial charge in [0.05, 0.1) is 6.42 Å². The first-order chi connectivity index (χ1) is 13.5. The quantitative estimate of drug-likeness (QED) is 0.629. The van der Waals surface area contributed by atoms with E-state index in [1.807, 2.05) is 30.3 Å². The maximum absolute atomic E-state index is 13.5. The van der Waals surface area contributed by atoms with Crippen molar-refractivity contribution in [2.75, 3.05) is 11.9 Å². The molecule has 3 aromatic rings. The van der Waals surface area contributed by atoms with Crippen LogP contribution in [0.1, 0.15) is 17.9 Å². The second kappa shape index (κ2) is 8.90. The summed E-state index contributed by atoms with van der Waals surface area (Å²) in [7, 11) is 0. The molecule has 144 valence electrons. The summed E-state index contributed by atoms with van der Waals surface area (Å²) in [6.07, 6.45) is 0.187. The van der Waals surface area contributed by atoms with Gasteiger partial charge in [-0.3, -0.25) is 9.59 Å². The Kier molecular flexibility index (Phi) is 6.11. The molecule has 0 saturated heterocycles. The molecule has 0 unspecified atom stereocenters. The van der Waals surface area contributed by atoms with Gasteiger partial charge >= 0.3 is 5.97 Å². The number of esters is 1. The molecular formula is C20H18FN3O4. The van der Waals surface area contributed by atoms with E-state index in [1.54, 1.807) is 19.1 Å². The maximum atomic E-state index is 13.5. The van der Waals surface area contributed by atoms with Gasteiger partial charge in [-0.2, -0.15) is 4.98 Å². The van der Waals surface area contributed by atoms with Crippen LogP contribution < -0.4 is 5.32 Å². The summed E-state index contributed by atoms with van der Waals surface area (Å²) in [6.45, 7) is 1.16. The zero-order valence-corrected chi connectivity index (χ0v) is 15.1. The molecule has 1 amide bonds. The Labute approximate surface area is 160 Å². The zero-order valence-electron chi connectivity index (χ0n) is 15.1. The van der Waals surface area contributed by atoms with Crippen LogP contribution in [0.25, 0.3) is 11.4 Å². The predicted octanol–water partition coefficient (Wildman–Crippen LogP) is 3.30. The lowest BCUT2D eigenvalue weighted by atomic mass is 10.2. The molecule has 0 bridgehead atoms. The molecule has 7 nitrogen and oxygen atoms in total. The van der Waals surface area contributed by atoms with Crippen molar-refractivity contribution in [2.45, 2.75) is 19.8 Å². The van der Waals surface area contributed by atoms with Crippen LogP contribution in [-0.4, -0.2) is 28.6 Å². The fourth-order valence-corrected chi connectivity index (χ4v) is 2.36. The first kappa shape index (κ1) is 19.2. The lowest BCUT2D eigenvalue weighted by Crippen LogP contribution is -2.21. The molecule has 3 rings (SSSR count). The number of nitrogens with one attached hydrogen (secondary N) is 1. The van der Waals surface area contributed by atoms with Crippen molar-refractivity contribution in [1.29, 1.82) is 0 Å². The molecule has 28 heavy (non-hydrogen) atoms. The van der Waals surface area contributed by atoms with Gasteiger partial charge in [-0.15, -0.1) is 0 Å². The summed E-state index contributed by atoms with van der Waals surface area (Å²) in [5.41, 5.74) is 1.58. The molecule has 1 N–H and O–H groups in total. The Morgan fingerprint density at radius 3 is 2.71 bits per heavy atom. The van der Waals surface area contributed by atoms with Crippen LogP contribution in [-0.2, 0) is 20.7 Å². The van der Waals surface area contributed by atoms with Crippen molar-refractivity contribution in [3.8, 4) is 11.4 Å². The number of rotatable bonds is 7. The average Bonchev–Trinajstić information content (AvgIpc) is 3.17. The minimum atomic E-state index is -0.579. The molecule has 0 aliphatic rings. The molecule has 8 heteroatoms. The second-order valence-electron chi connectivity index (χ2n) is 6.05. The molecule has 0 saturated carbocycles. The van der Waals surface area contributed by atoms with Crippen LogP contribution in [0, 0.1) is 12.7 Å². The van der Waals surface area contributed by atoms with E-state index in [9.17, 15) is 14.0 Å². The van der Waals surface area contributed by atoms with Crippen molar-refractivity contribution in [3.05, 3.63) is 65.8 Å². The van der Waals surface area contributed by atoms with E-state index in [0.717, 1.165) is 5.56 Å². The molecule has 2 aromatic carbocycles. The van der Waals surface area contributed by atoms with E-state index >= 15 is 0 Å². The molecule has 0 radical (unpaired) electrons. The summed E-state index contributed by atoms with van der Waals surface area (Å²) >= 11 is 0. The summed E-state index contributed by atoms with van der Waals surface area (Å²) in [4.78, 5) is 27.8. The van der Waals surface area contributed by atoms with Crippen molar-refractivity contribution in [2.24, 2.45) is 0 Å². The van der Waals surface area contributed by atoms with Crippen LogP contribution in [0.4, 0.5) is 10.1 Å². The minimum absolute atomic E-state index is 0.0110. The molecule has 1 heterocycles. The van der Waals surface area contributed by atoms with E-state index in [4.69, 9.17) is 9.26 Å². The lowest BCUT2D eigenvalue weighted by Gasteiger charge is -2.07. The van der Waals surface area contributed by atoms with E-state index in [1.165, 1.54) is 6.07 Å². The van der Waals surface area contributed by atoms with Crippen molar-refractivity contribution >= 4 is 17.6 Å². The summed E-state index contributed by atoms with van der Waals surface area (Å²) in [5, 5.41) is 6.33. The van der Waals surface area contributed by atoms with Crippen LogP contribution in [0.15, 0.2) is 53.1 Å². The predicted molar refractivity (Wildman–Crippen MR) is 98.8 cm³/mol. The Balaban J connectivity index is 1.42. The number of hydrogen-bond donors (Lipinski definition) is 1. The van der Waals surface area contributed by atoms with E-state index < -0.39 is 24.3 Å². The van der Waals surface area contributed by atoms with Crippen LogP contribution >= 0.6 is 0 Å². The Morgan fingerprint density at radius 1 is 1.18 bits per heavy atom. The molecule has 0 fully saturated rings. The van der Waals surface area contributed by atoms with Gasteiger partial charge in [-0.25, -0.2) is 4.39 Å². The fourth-order valence-electron chi connectivity index (χ4n) is 2.36. The normalized spacial score (nSPS) is 10.5. The molecule has 0 aliphatic heterocycles. The van der Waals surface area contributed by atoms with Gasteiger partial charge in [-0.05, 0) is 24.6 Å². The van der Waals surface area contributed by atoms with Crippen molar-refractivity contribution in [3.63, 3.8) is 0 Å². The third-order valence-electron chi connectivity index (χ3n) is 3.86. The van der Waals surface area contributed by atoms with E-state index in [0.29, 0.717) is 23.0 Å². The Bertz CT molecular complexity index is 973. The number of aromatic nitrogens is 2. The Morgan fingerprint density at radius 2 is 1.96 bits per heavy atom. The number of carbonyl (C=O) groups is 2. The largest absolute Gasteiger partial charge is 0.456 e. The Hall–Kier alpha value is -3.55. The first-order valence-electron chi connectivity index (χ1n) is 8.61. The van der Waals surface area contributed by atoms with E-state index in [2.05, 4.69) is 15.5 Å². The minimum Gasteiger partial charge on any atom is -0.456 e. The van der Waals surface area contributed by atoms with Gasteiger partial charge in [0.2, 0.25) is 11.7 Å². The number of anilines is 1. The molecule has 0 aliphatic carbocycles. The molecular weight excluding hydrogens is 365 g/mol. The molecule has 0 atom stereocenters. The number of ether oxygens (including phenoxy) is 1. The van der Waals surface area contributed by atoms with E-state index in [-0.39, 0.29) is 12.8 Å². The van der Waals surface area contributed by atoms with Gasteiger partial charge in [-0.1, -0.05) is 41.6 Å². The van der Waals surface area contributed by atoms with Gasteiger partial charge < -0.3 is 14.6 Å². The maximum Gasteiger partial charge on any atom is 0.306 e. The fraction of sp³-hybridized carbons (Fsp3) is 0.200. The SMILES string of the molecule is Cc1ccc(NC(=O)COC(=O)CCc2nc(-c3ccccc3)no2)cc1F. The number of hydrogen-bond acceptors (Lipinski definition) is 6. The third-order valence-corrected chi connectivity index (χ3v) is 3.86. The number of nitrogens with zero attached hydrogens (tertiary/aromatic N) is 2. The van der Waals surface area contributed by atoms with Crippen LogP contribution in [0.2, 0.25) is 0 Å². The highest BCUT2D eigenvalue weighted by molar-refractivity contribution is 5.92. The number of carbonyl (C=O) groups excluding carboxylic acids is 2. The summed E-state index contributed by atoms with van der Waals surface area (Å²) in [5.74, 6) is -0.821. The van der Waals surface area contributed by atoms with Crippen molar-refractivity contribution in [1.82, 2.24) is 10.1 Å². The molecule has 1 aromatic heterocycles. The summed E-state index contributed by atoms with van der Waals surface area (Å²) < 4.78 is 23.5. The van der Waals surface area contributed by atoms with Crippen molar-refractivity contribution < 1.29 is 23.2 Å². The van der Waals surface area contributed by atoms with Gasteiger partial charge in [0.1, 0.15) is 5.82 Å². The third kappa shape index (κ3) is 5.23.